The summed E-state index contributed by atoms with van der Waals surface area (Å²) in [5, 5.41) is 8.80. The summed E-state index contributed by atoms with van der Waals surface area (Å²) < 4.78 is 22.5. The average Bonchev–Trinajstić information content (AvgIpc) is 3.32. The fourth-order valence-corrected chi connectivity index (χ4v) is 5.12. The first-order chi connectivity index (χ1) is 18.4. The number of amides is 2. The number of benzene rings is 1. The Morgan fingerprint density at radius 3 is 2.50 bits per heavy atom. The van der Waals surface area contributed by atoms with E-state index in [1.54, 1.807) is 20.3 Å². The second-order valence-electron chi connectivity index (χ2n) is 9.39. The van der Waals surface area contributed by atoms with Gasteiger partial charge in [0.15, 0.2) is 11.5 Å². The maximum atomic E-state index is 13.3. The maximum absolute atomic E-state index is 13.3. The highest BCUT2D eigenvalue weighted by molar-refractivity contribution is 5.84. The fraction of sp³-hybridized carbons (Fsp3) is 0.464. The minimum atomic E-state index is -0.403. The van der Waals surface area contributed by atoms with Crippen molar-refractivity contribution >= 4 is 17.5 Å². The lowest BCUT2D eigenvalue weighted by atomic mass is 9.95. The molecule has 1 aliphatic carbocycles. The molecule has 2 atom stereocenters. The van der Waals surface area contributed by atoms with E-state index < -0.39 is 6.04 Å². The average molecular weight is 526 g/mol. The lowest BCUT2D eigenvalue weighted by Crippen LogP contribution is -2.36. The van der Waals surface area contributed by atoms with Gasteiger partial charge in [0.25, 0.3) is 0 Å². The highest BCUT2D eigenvalue weighted by Gasteiger charge is 2.29. The van der Waals surface area contributed by atoms with E-state index in [2.05, 4.69) is 16.0 Å². The van der Waals surface area contributed by atoms with Gasteiger partial charge in [-0.05, 0) is 60.6 Å². The Kier molecular flexibility index (Phi) is 8.73. The lowest BCUT2D eigenvalue weighted by molar-refractivity contribution is -0.120. The number of ether oxygens (including phenoxy) is 4. The monoisotopic (exact) mass is 525 g/mol. The Morgan fingerprint density at radius 2 is 1.84 bits per heavy atom. The number of anilines is 1. The Morgan fingerprint density at radius 1 is 1.05 bits per heavy atom. The smallest absolute Gasteiger partial charge is 0.239 e. The maximum Gasteiger partial charge on any atom is 0.239 e. The minimum absolute atomic E-state index is 0.0376. The van der Waals surface area contributed by atoms with Crippen LogP contribution in [0.5, 0.6) is 17.2 Å². The molecule has 2 amide bonds. The van der Waals surface area contributed by atoms with Gasteiger partial charge in [0.1, 0.15) is 0 Å². The molecule has 1 aliphatic heterocycles. The molecule has 0 unspecified atom stereocenters. The van der Waals surface area contributed by atoms with Gasteiger partial charge in [-0.15, -0.1) is 0 Å². The highest BCUT2D eigenvalue weighted by atomic mass is 16.5. The molecule has 1 heterocycles. The van der Waals surface area contributed by atoms with Gasteiger partial charge >= 0.3 is 0 Å². The molecule has 204 valence electrons. The van der Waals surface area contributed by atoms with Crippen LogP contribution in [0, 0.1) is 0 Å². The summed E-state index contributed by atoms with van der Waals surface area (Å²) in [5.41, 5.74) is 3.07. The van der Waals surface area contributed by atoms with Crippen molar-refractivity contribution in [3.8, 4) is 28.4 Å². The standard InChI is InChI=1S/C28H35N3O7/c1-16(32)31-21-9-7-17-12-24(35-2)27(36-3)28(37-4)26(17)19-8-10-22(23(33)13-20(19)21)29-15-25(34)30-14-18-6-5-11-38-18/h8,10,12-13,18,21H,5-7,9,11,14-15H2,1-4H3,(H,29,33)(H,30,34)(H,31,32)/t18-,21-/m0/s1. The third kappa shape index (κ3) is 5.85. The molecule has 2 aromatic carbocycles. The summed E-state index contributed by atoms with van der Waals surface area (Å²) in [4.78, 5) is 37.8. The van der Waals surface area contributed by atoms with Crippen LogP contribution in [-0.4, -0.2) is 58.9 Å². The molecular formula is C28H35N3O7. The molecular weight excluding hydrogens is 490 g/mol. The number of methoxy groups -OCH3 is 3. The summed E-state index contributed by atoms with van der Waals surface area (Å²) in [6, 6.07) is 6.49. The molecule has 4 rings (SSSR count). The number of rotatable bonds is 9. The molecule has 0 radical (unpaired) electrons. The van der Waals surface area contributed by atoms with Crippen LogP contribution in [0.15, 0.2) is 29.1 Å². The lowest BCUT2D eigenvalue weighted by Gasteiger charge is -2.19. The zero-order chi connectivity index (χ0) is 27.2. The predicted molar refractivity (Wildman–Crippen MR) is 143 cm³/mol. The summed E-state index contributed by atoms with van der Waals surface area (Å²) in [7, 11) is 4.65. The molecule has 0 aromatic heterocycles. The van der Waals surface area contributed by atoms with Gasteiger partial charge < -0.3 is 34.9 Å². The van der Waals surface area contributed by atoms with E-state index in [1.807, 2.05) is 12.1 Å². The molecule has 2 aromatic rings. The number of aryl methyl sites for hydroxylation is 1. The van der Waals surface area contributed by atoms with E-state index in [4.69, 9.17) is 18.9 Å². The van der Waals surface area contributed by atoms with Crippen molar-refractivity contribution in [1.29, 1.82) is 0 Å². The van der Waals surface area contributed by atoms with Gasteiger partial charge in [0.05, 0.1) is 45.7 Å². The van der Waals surface area contributed by atoms with Crippen LogP contribution in [-0.2, 0) is 20.7 Å². The van der Waals surface area contributed by atoms with Gasteiger partial charge in [-0.25, -0.2) is 0 Å². The molecule has 0 bridgehead atoms. The van der Waals surface area contributed by atoms with Gasteiger partial charge in [0.2, 0.25) is 23.0 Å². The van der Waals surface area contributed by atoms with Gasteiger partial charge in [-0.1, -0.05) is 6.07 Å². The predicted octanol–water partition coefficient (Wildman–Crippen LogP) is 2.57. The normalized spacial score (nSPS) is 17.9. The zero-order valence-electron chi connectivity index (χ0n) is 22.3. The number of hydrogen-bond donors (Lipinski definition) is 3. The van der Waals surface area contributed by atoms with Gasteiger partial charge in [0, 0.05) is 25.6 Å². The number of carbonyl (C=O) groups excluding carboxylic acids is 2. The SMILES string of the molecule is COc1cc2c(c(OC)c1OC)-c1ccc(NCC(=O)NC[C@@H]3CCCO3)c(=O)cc1[C@@H](NC(C)=O)CC2. The minimum Gasteiger partial charge on any atom is -0.493 e. The van der Waals surface area contributed by atoms with Crippen molar-refractivity contribution in [2.24, 2.45) is 0 Å². The first kappa shape index (κ1) is 27.3. The van der Waals surface area contributed by atoms with Crippen LogP contribution in [0.1, 0.15) is 43.4 Å². The quantitative estimate of drug-likeness (QED) is 0.456. The molecule has 1 saturated heterocycles. The van der Waals surface area contributed by atoms with E-state index in [-0.39, 0.29) is 35.6 Å². The van der Waals surface area contributed by atoms with Crippen molar-refractivity contribution in [3.63, 3.8) is 0 Å². The number of hydrogen-bond acceptors (Lipinski definition) is 8. The third-order valence-corrected chi connectivity index (χ3v) is 6.91. The molecule has 1 fully saturated rings. The van der Waals surface area contributed by atoms with Crippen LogP contribution in [0.25, 0.3) is 11.1 Å². The van der Waals surface area contributed by atoms with Crippen LogP contribution < -0.4 is 35.6 Å². The number of fused-ring (bicyclic) bond motifs is 3. The van der Waals surface area contributed by atoms with E-state index >= 15 is 0 Å². The molecule has 38 heavy (non-hydrogen) atoms. The molecule has 10 heteroatoms. The second-order valence-corrected chi connectivity index (χ2v) is 9.39. The van der Waals surface area contributed by atoms with E-state index in [1.165, 1.54) is 20.1 Å². The summed E-state index contributed by atoms with van der Waals surface area (Å²) >= 11 is 0. The number of carbonyl (C=O) groups is 2. The van der Waals surface area contributed by atoms with Crippen molar-refractivity contribution < 1.29 is 28.5 Å². The largest absolute Gasteiger partial charge is 0.493 e. The Labute approximate surface area is 222 Å². The first-order valence-corrected chi connectivity index (χ1v) is 12.8. The molecule has 0 spiro atoms. The number of nitrogens with one attached hydrogen (secondary N) is 3. The summed E-state index contributed by atoms with van der Waals surface area (Å²) in [6.45, 7) is 2.56. The molecule has 2 aliphatic rings. The van der Waals surface area contributed by atoms with Crippen molar-refractivity contribution in [2.75, 3.05) is 46.3 Å². The van der Waals surface area contributed by atoms with Gasteiger partial charge in [-0.3, -0.25) is 14.4 Å². The zero-order valence-corrected chi connectivity index (χ0v) is 22.3. The van der Waals surface area contributed by atoms with Crippen LogP contribution in [0.2, 0.25) is 0 Å². The van der Waals surface area contributed by atoms with Crippen LogP contribution in [0.4, 0.5) is 5.69 Å². The fourth-order valence-electron chi connectivity index (χ4n) is 5.12. The highest BCUT2D eigenvalue weighted by Crippen LogP contribution is 2.50. The Hall–Kier alpha value is -3.79. The second kappa shape index (κ2) is 12.2. The van der Waals surface area contributed by atoms with Crippen LogP contribution >= 0.6 is 0 Å². The third-order valence-electron chi connectivity index (χ3n) is 6.91. The van der Waals surface area contributed by atoms with Gasteiger partial charge in [-0.2, -0.15) is 0 Å². The van der Waals surface area contributed by atoms with Crippen molar-refractivity contribution in [3.05, 3.63) is 45.6 Å². The van der Waals surface area contributed by atoms with Crippen molar-refractivity contribution in [2.45, 2.75) is 44.8 Å². The molecule has 3 N–H and O–H groups in total. The topological polar surface area (TPSA) is 124 Å². The summed E-state index contributed by atoms with van der Waals surface area (Å²) in [5.74, 6) is 1.02. The first-order valence-electron chi connectivity index (χ1n) is 12.8. The summed E-state index contributed by atoms with van der Waals surface area (Å²) in [6.07, 6.45) is 3.14. The van der Waals surface area contributed by atoms with E-state index in [9.17, 15) is 14.4 Å². The Bertz CT molecular complexity index is 1260. The van der Waals surface area contributed by atoms with E-state index in [0.29, 0.717) is 42.2 Å². The molecule has 0 saturated carbocycles. The van der Waals surface area contributed by atoms with E-state index in [0.717, 1.165) is 36.1 Å². The Balaban J connectivity index is 1.73. The molecule has 10 nitrogen and oxygen atoms in total. The van der Waals surface area contributed by atoms with Crippen molar-refractivity contribution in [1.82, 2.24) is 10.6 Å². The van der Waals surface area contributed by atoms with Crippen LogP contribution in [0.3, 0.4) is 0 Å².